The summed E-state index contributed by atoms with van der Waals surface area (Å²) in [6.07, 6.45) is 0. The number of benzene rings is 2. The lowest BCUT2D eigenvalue weighted by Crippen LogP contribution is -2.31. The fraction of sp³-hybridized carbons (Fsp3) is 0.364. The second-order valence-electron chi connectivity index (χ2n) is 6.88. The predicted octanol–water partition coefficient (Wildman–Crippen LogP) is 3.56. The van der Waals surface area contributed by atoms with Gasteiger partial charge in [0.15, 0.2) is 0 Å². The van der Waals surface area contributed by atoms with Crippen LogP contribution in [0.5, 0.6) is 5.75 Å². The van der Waals surface area contributed by atoms with Crippen molar-refractivity contribution in [2.75, 3.05) is 20.3 Å². The summed E-state index contributed by atoms with van der Waals surface area (Å²) in [5, 5.41) is 2.94. The van der Waals surface area contributed by atoms with Crippen molar-refractivity contribution in [1.29, 1.82) is 0 Å². The second-order valence-corrected chi connectivity index (χ2v) is 6.88. The van der Waals surface area contributed by atoms with Gasteiger partial charge in [-0.2, -0.15) is 0 Å². The van der Waals surface area contributed by atoms with Crippen molar-refractivity contribution in [3.8, 4) is 5.75 Å². The Labute approximate surface area is 165 Å². The number of imidazole rings is 1. The third-order valence-corrected chi connectivity index (χ3v) is 4.85. The van der Waals surface area contributed by atoms with Crippen molar-refractivity contribution < 1.29 is 14.3 Å². The number of hydrogen-bond acceptors (Lipinski definition) is 4. The Hall–Kier alpha value is -2.86. The van der Waals surface area contributed by atoms with E-state index in [0.29, 0.717) is 13.2 Å². The zero-order valence-electron chi connectivity index (χ0n) is 16.9. The molecule has 0 aliphatic rings. The highest BCUT2D eigenvalue weighted by Gasteiger charge is 2.18. The molecule has 2 aromatic carbocycles. The third-order valence-electron chi connectivity index (χ3n) is 4.85. The minimum absolute atomic E-state index is 0.0281. The van der Waals surface area contributed by atoms with Crippen LogP contribution >= 0.6 is 0 Å². The number of fused-ring (bicyclic) bond motifs is 1. The Morgan fingerprint density at radius 3 is 2.75 bits per heavy atom. The molecule has 0 spiro atoms. The minimum Gasteiger partial charge on any atom is -0.491 e. The summed E-state index contributed by atoms with van der Waals surface area (Å²) in [5.41, 5.74) is 4.28. The van der Waals surface area contributed by atoms with E-state index in [1.807, 2.05) is 43.3 Å². The van der Waals surface area contributed by atoms with Crippen molar-refractivity contribution >= 4 is 16.9 Å². The molecule has 6 nitrogen and oxygen atoms in total. The maximum absolute atomic E-state index is 11.9. The molecule has 0 saturated heterocycles. The highest BCUT2D eigenvalue weighted by atomic mass is 16.5. The summed E-state index contributed by atoms with van der Waals surface area (Å²) in [5.74, 6) is 1.53. The molecule has 1 aromatic heterocycles. The topological polar surface area (TPSA) is 65.4 Å². The summed E-state index contributed by atoms with van der Waals surface area (Å²) in [6, 6.07) is 13.8. The van der Waals surface area contributed by atoms with Gasteiger partial charge in [0.25, 0.3) is 0 Å². The van der Waals surface area contributed by atoms with Gasteiger partial charge in [-0.3, -0.25) is 4.79 Å². The van der Waals surface area contributed by atoms with E-state index < -0.39 is 0 Å². The van der Waals surface area contributed by atoms with Gasteiger partial charge in [-0.05, 0) is 50.1 Å². The molecule has 1 unspecified atom stereocenters. The molecule has 0 aliphatic heterocycles. The zero-order valence-corrected chi connectivity index (χ0v) is 16.9. The lowest BCUT2D eigenvalue weighted by molar-refractivity contribution is -0.125. The van der Waals surface area contributed by atoms with E-state index in [1.54, 1.807) is 0 Å². The van der Waals surface area contributed by atoms with E-state index in [4.69, 9.17) is 14.5 Å². The average molecular weight is 381 g/mol. The molecule has 1 heterocycles. The molecule has 0 aliphatic carbocycles. The Bertz CT molecular complexity index is 965. The molecule has 1 atom stereocenters. The van der Waals surface area contributed by atoms with Crippen molar-refractivity contribution in [3.05, 3.63) is 59.4 Å². The number of nitrogens with zero attached hydrogens (tertiary/aromatic N) is 2. The fourth-order valence-electron chi connectivity index (χ4n) is 3.27. The van der Waals surface area contributed by atoms with E-state index in [9.17, 15) is 4.79 Å². The van der Waals surface area contributed by atoms with Gasteiger partial charge >= 0.3 is 0 Å². The molecule has 0 bridgehead atoms. The zero-order chi connectivity index (χ0) is 20.1. The molecule has 1 N–H and O–H groups in total. The monoisotopic (exact) mass is 381 g/mol. The van der Waals surface area contributed by atoms with Crippen LogP contribution in [0.2, 0.25) is 0 Å². The van der Waals surface area contributed by atoms with Gasteiger partial charge in [0.1, 0.15) is 24.8 Å². The van der Waals surface area contributed by atoms with Crippen LogP contribution in [0.4, 0.5) is 0 Å². The molecule has 0 fully saturated rings. The molecule has 3 aromatic rings. The number of aryl methyl sites for hydroxylation is 1. The van der Waals surface area contributed by atoms with Gasteiger partial charge in [0, 0.05) is 7.11 Å². The molecule has 6 heteroatoms. The first-order valence-corrected chi connectivity index (χ1v) is 9.43. The van der Waals surface area contributed by atoms with Crippen LogP contribution in [0.1, 0.15) is 29.9 Å². The first-order chi connectivity index (χ1) is 13.5. The Kier molecular flexibility index (Phi) is 6.31. The largest absolute Gasteiger partial charge is 0.491 e. The fourth-order valence-corrected chi connectivity index (χ4v) is 3.27. The van der Waals surface area contributed by atoms with Gasteiger partial charge in [0.2, 0.25) is 5.91 Å². The van der Waals surface area contributed by atoms with Crippen molar-refractivity contribution in [3.63, 3.8) is 0 Å². The maximum Gasteiger partial charge on any atom is 0.246 e. The number of rotatable bonds is 8. The van der Waals surface area contributed by atoms with E-state index in [2.05, 4.69) is 29.8 Å². The molecule has 28 heavy (non-hydrogen) atoms. The van der Waals surface area contributed by atoms with Crippen molar-refractivity contribution in [1.82, 2.24) is 14.9 Å². The summed E-state index contributed by atoms with van der Waals surface area (Å²) in [4.78, 5) is 16.7. The molecule has 1 amide bonds. The molecule has 0 saturated carbocycles. The lowest BCUT2D eigenvalue weighted by atomic mass is 10.1. The Morgan fingerprint density at radius 1 is 1.18 bits per heavy atom. The van der Waals surface area contributed by atoms with Crippen LogP contribution in [-0.2, 0) is 16.1 Å². The normalized spacial score (nSPS) is 12.1. The van der Waals surface area contributed by atoms with Gasteiger partial charge in [0.05, 0.1) is 23.6 Å². The number of carbonyl (C=O) groups excluding carboxylic acids is 1. The molecular weight excluding hydrogens is 354 g/mol. The number of methoxy groups -OCH3 is 1. The average Bonchev–Trinajstić information content (AvgIpc) is 3.04. The molecule has 0 radical (unpaired) electrons. The number of amides is 1. The maximum atomic E-state index is 11.9. The van der Waals surface area contributed by atoms with Gasteiger partial charge in [-0.15, -0.1) is 0 Å². The first kappa shape index (κ1) is 19.9. The Morgan fingerprint density at radius 2 is 1.96 bits per heavy atom. The summed E-state index contributed by atoms with van der Waals surface area (Å²) >= 11 is 0. The van der Waals surface area contributed by atoms with Crippen LogP contribution in [-0.4, -0.2) is 35.8 Å². The van der Waals surface area contributed by atoms with E-state index in [1.165, 1.54) is 12.7 Å². The van der Waals surface area contributed by atoms with Crippen LogP contribution in [0.25, 0.3) is 11.0 Å². The van der Waals surface area contributed by atoms with Crippen LogP contribution < -0.4 is 10.1 Å². The van der Waals surface area contributed by atoms with Crippen molar-refractivity contribution in [2.24, 2.45) is 0 Å². The summed E-state index contributed by atoms with van der Waals surface area (Å²) in [6.45, 7) is 7.24. The van der Waals surface area contributed by atoms with E-state index >= 15 is 0 Å². The van der Waals surface area contributed by atoms with Crippen LogP contribution in [0, 0.1) is 13.8 Å². The number of aromatic nitrogens is 2. The summed E-state index contributed by atoms with van der Waals surface area (Å²) < 4.78 is 13.1. The quantitative estimate of drug-likeness (QED) is 0.648. The van der Waals surface area contributed by atoms with Gasteiger partial charge < -0.3 is 19.4 Å². The highest BCUT2D eigenvalue weighted by Crippen LogP contribution is 2.23. The molecular formula is C22H27N3O3. The first-order valence-electron chi connectivity index (χ1n) is 9.43. The minimum atomic E-state index is -0.240. The van der Waals surface area contributed by atoms with Gasteiger partial charge in [-0.25, -0.2) is 4.98 Å². The molecule has 148 valence electrons. The Balaban J connectivity index is 1.80. The number of carbonyl (C=O) groups is 1. The second kappa shape index (κ2) is 8.89. The number of hydrogen-bond donors (Lipinski definition) is 1. The SMILES string of the molecule is COCC(=O)NC(C)c1nc2ccccc2n1CCOc1cccc(C)c1C. The van der Waals surface area contributed by atoms with Crippen molar-refractivity contribution in [2.45, 2.75) is 33.4 Å². The van der Waals surface area contributed by atoms with Crippen LogP contribution in [0.3, 0.4) is 0 Å². The number of ether oxygens (including phenoxy) is 2. The summed E-state index contributed by atoms with van der Waals surface area (Å²) in [7, 11) is 1.50. The van der Waals surface area contributed by atoms with E-state index in [-0.39, 0.29) is 18.6 Å². The lowest BCUT2D eigenvalue weighted by Gasteiger charge is -2.17. The molecule has 3 rings (SSSR count). The van der Waals surface area contributed by atoms with Gasteiger partial charge in [-0.1, -0.05) is 24.3 Å². The smallest absolute Gasteiger partial charge is 0.246 e. The third kappa shape index (κ3) is 4.34. The predicted molar refractivity (Wildman–Crippen MR) is 110 cm³/mol. The highest BCUT2D eigenvalue weighted by molar-refractivity contribution is 5.78. The number of para-hydroxylation sites is 2. The van der Waals surface area contributed by atoms with E-state index in [0.717, 1.165) is 28.2 Å². The van der Waals surface area contributed by atoms with Crippen LogP contribution in [0.15, 0.2) is 42.5 Å². The number of nitrogens with one attached hydrogen (secondary N) is 1. The standard InChI is InChI=1S/C22H27N3O3/c1-15-8-7-11-20(16(15)2)28-13-12-25-19-10-6-5-9-18(19)24-22(25)17(3)23-21(26)14-27-4/h5-11,17H,12-14H2,1-4H3,(H,23,26).